The summed E-state index contributed by atoms with van der Waals surface area (Å²) in [4.78, 5) is 4.21. The number of fused-ring (bicyclic) bond motifs is 1. The Bertz CT molecular complexity index is 401. The third-order valence-electron chi connectivity index (χ3n) is 1.65. The van der Waals surface area contributed by atoms with E-state index in [0.717, 1.165) is 16.6 Å². The van der Waals surface area contributed by atoms with E-state index in [4.69, 9.17) is 4.74 Å². The fourth-order valence-corrected chi connectivity index (χ4v) is 1.90. The number of hydrogen-bond donors (Lipinski definition) is 0. The minimum Gasteiger partial charge on any atom is -0.493 e. The summed E-state index contributed by atoms with van der Waals surface area (Å²) in [6.07, 6.45) is 0. The van der Waals surface area contributed by atoms with Crippen LogP contribution in [-0.2, 0) is 0 Å². The molecule has 0 bridgehead atoms. The number of halogens is 1. The summed E-state index contributed by atoms with van der Waals surface area (Å²) in [5.74, 6) is 0.887. The zero-order chi connectivity index (χ0) is 9.10. The van der Waals surface area contributed by atoms with Gasteiger partial charge in [-0.25, -0.2) is 4.98 Å². The van der Waals surface area contributed by atoms with Crippen LogP contribution in [0.25, 0.3) is 10.2 Å². The predicted molar refractivity (Wildman–Crippen MR) is 58.9 cm³/mol. The van der Waals surface area contributed by atoms with Crippen LogP contribution in [-0.4, -0.2) is 16.9 Å². The standard InChI is InChI=1S/C9H8BrNOS/c10-3-4-12-7-1-2-9-8(5-7)11-6-13-9/h1-2,5-6H,3-4H2. The van der Waals surface area contributed by atoms with Gasteiger partial charge in [0, 0.05) is 11.4 Å². The topological polar surface area (TPSA) is 22.1 Å². The Morgan fingerprint density at radius 1 is 1.46 bits per heavy atom. The van der Waals surface area contributed by atoms with Gasteiger partial charge in [0.15, 0.2) is 0 Å². The number of aromatic nitrogens is 1. The number of ether oxygens (including phenoxy) is 1. The van der Waals surface area contributed by atoms with Crippen LogP contribution >= 0.6 is 27.3 Å². The molecule has 13 heavy (non-hydrogen) atoms. The van der Waals surface area contributed by atoms with Crippen LogP contribution in [0, 0.1) is 0 Å². The maximum atomic E-state index is 5.45. The molecular formula is C9H8BrNOS. The highest BCUT2D eigenvalue weighted by Crippen LogP contribution is 2.22. The Hall–Kier alpha value is -0.610. The van der Waals surface area contributed by atoms with Gasteiger partial charge in [-0.3, -0.25) is 0 Å². The van der Waals surface area contributed by atoms with Crippen molar-refractivity contribution in [3.8, 4) is 5.75 Å². The third kappa shape index (κ3) is 2.00. The van der Waals surface area contributed by atoms with Crippen LogP contribution in [0.3, 0.4) is 0 Å². The van der Waals surface area contributed by atoms with Gasteiger partial charge in [-0.2, -0.15) is 0 Å². The summed E-state index contributed by atoms with van der Waals surface area (Å²) in [5.41, 5.74) is 2.86. The van der Waals surface area contributed by atoms with E-state index >= 15 is 0 Å². The van der Waals surface area contributed by atoms with Gasteiger partial charge in [-0.15, -0.1) is 11.3 Å². The van der Waals surface area contributed by atoms with Crippen molar-refractivity contribution in [3.05, 3.63) is 23.7 Å². The number of hydrogen-bond acceptors (Lipinski definition) is 3. The minimum absolute atomic E-state index is 0.690. The van der Waals surface area contributed by atoms with E-state index in [-0.39, 0.29) is 0 Å². The molecule has 0 saturated heterocycles. The monoisotopic (exact) mass is 257 g/mol. The van der Waals surface area contributed by atoms with Crippen LogP contribution in [0.15, 0.2) is 23.7 Å². The van der Waals surface area contributed by atoms with Crippen molar-refractivity contribution in [2.45, 2.75) is 0 Å². The highest BCUT2D eigenvalue weighted by Gasteiger charge is 1.98. The van der Waals surface area contributed by atoms with E-state index in [2.05, 4.69) is 20.9 Å². The molecule has 2 aromatic rings. The van der Waals surface area contributed by atoms with Crippen molar-refractivity contribution < 1.29 is 4.74 Å². The summed E-state index contributed by atoms with van der Waals surface area (Å²) in [5, 5.41) is 0.849. The van der Waals surface area contributed by atoms with E-state index in [1.54, 1.807) is 11.3 Å². The Labute approximate surface area is 88.7 Å². The fraction of sp³-hybridized carbons (Fsp3) is 0.222. The highest BCUT2D eigenvalue weighted by atomic mass is 79.9. The second-order valence-electron chi connectivity index (χ2n) is 2.52. The number of alkyl halides is 1. The normalized spacial score (nSPS) is 10.5. The van der Waals surface area contributed by atoms with Gasteiger partial charge >= 0.3 is 0 Å². The van der Waals surface area contributed by atoms with Gasteiger partial charge in [-0.1, -0.05) is 15.9 Å². The van der Waals surface area contributed by atoms with Gasteiger partial charge in [-0.05, 0) is 12.1 Å². The Morgan fingerprint density at radius 2 is 2.38 bits per heavy atom. The summed E-state index contributed by atoms with van der Waals surface area (Å²) in [7, 11) is 0. The van der Waals surface area contributed by atoms with Crippen molar-refractivity contribution in [2.24, 2.45) is 0 Å². The molecule has 0 fully saturated rings. The maximum absolute atomic E-state index is 5.45. The van der Waals surface area contributed by atoms with Gasteiger partial charge < -0.3 is 4.74 Å². The molecule has 0 radical (unpaired) electrons. The summed E-state index contributed by atoms with van der Waals surface area (Å²) < 4.78 is 6.65. The van der Waals surface area contributed by atoms with E-state index in [1.807, 2.05) is 23.7 Å². The first kappa shape index (κ1) is 8.97. The van der Waals surface area contributed by atoms with Crippen LogP contribution in [0.1, 0.15) is 0 Å². The highest BCUT2D eigenvalue weighted by molar-refractivity contribution is 9.09. The predicted octanol–water partition coefficient (Wildman–Crippen LogP) is 3.07. The minimum atomic E-state index is 0.690. The van der Waals surface area contributed by atoms with Crippen molar-refractivity contribution in [2.75, 3.05) is 11.9 Å². The van der Waals surface area contributed by atoms with Crippen molar-refractivity contribution in [3.63, 3.8) is 0 Å². The molecular weight excluding hydrogens is 250 g/mol. The molecule has 0 aliphatic rings. The zero-order valence-electron chi connectivity index (χ0n) is 6.87. The molecule has 0 spiro atoms. The lowest BCUT2D eigenvalue weighted by atomic mass is 10.3. The van der Waals surface area contributed by atoms with E-state index in [9.17, 15) is 0 Å². The number of thiazole rings is 1. The van der Waals surface area contributed by atoms with Gasteiger partial charge in [0.1, 0.15) is 5.75 Å². The lowest BCUT2D eigenvalue weighted by molar-refractivity contribution is 0.345. The summed E-state index contributed by atoms with van der Waals surface area (Å²) >= 11 is 4.95. The molecule has 2 nitrogen and oxygen atoms in total. The molecule has 1 heterocycles. The Kier molecular flexibility index (Phi) is 2.80. The van der Waals surface area contributed by atoms with Crippen LogP contribution in [0.4, 0.5) is 0 Å². The Balaban J connectivity index is 2.26. The van der Waals surface area contributed by atoms with Crippen LogP contribution in [0.2, 0.25) is 0 Å². The molecule has 0 atom stereocenters. The van der Waals surface area contributed by atoms with E-state index in [0.29, 0.717) is 6.61 Å². The van der Waals surface area contributed by atoms with E-state index < -0.39 is 0 Å². The smallest absolute Gasteiger partial charge is 0.121 e. The molecule has 0 N–H and O–H groups in total. The molecule has 4 heteroatoms. The molecule has 0 amide bonds. The molecule has 0 saturated carbocycles. The molecule has 0 unspecified atom stereocenters. The van der Waals surface area contributed by atoms with Gasteiger partial charge in [0.05, 0.1) is 22.3 Å². The first-order valence-corrected chi connectivity index (χ1v) is 5.92. The Morgan fingerprint density at radius 3 is 3.23 bits per heavy atom. The molecule has 1 aromatic carbocycles. The maximum Gasteiger partial charge on any atom is 0.121 e. The first-order valence-electron chi connectivity index (χ1n) is 3.92. The first-order chi connectivity index (χ1) is 6.40. The van der Waals surface area contributed by atoms with E-state index in [1.165, 1.54) is 4.70 Å². The van der Waals surface area contributed by atoms with Crippen molar-refractivity contribution >= 4 is 37.5 Å². The number of rotatable bonds is 3. The average Bonchev–Trinajstić information content (AvgIpc) is 2.61. The van der Waals surface area contributed by atoms with Crippen molar-refractivity contribution in [1.82, 2.24) is 4.98 Å². The molecule has 0 aliphatic heterocycles. The SMILES string of the molecule is BrCCOc1ccc2scnc2c1. The van der Waals surface area contributed by atoms with Gasteiger partial charge in [0.2, 0.25) is 0 Å². The number of nitrogens with zero attached hydrogens (tertiary/aromatic N) is 1. The zero-order valence-corrected chi connectivity index (χ0v) is 9.27. The fourth-order valence-electron chi connectivity index (χ4n) is 1.08. The second kappa shape index (κ2) is 4.07. The second-order valence-corrected chi connectivity index (χ2v) is 4.20. The lowest BCUT2D eigenvalue weighted by Crippen LogP contribution is -1.96. The quantitative estimate of drug-likeness (QED) is 0.789. The average molecular weight is 258 g/mol. The molecule has 2 rings (SSSR count). The van der Waals surface area contributed by atoms with Crippen LogP contribution < -0.4 is 4.74 Å². The molecule has 1 aromatic heterocycles. The van der Waals surface area contributed by atoms with Gasteiger partial charge in [0.25, 0.3) is 0 Å². The third-order valence-corrected chi connectivity index (χ3v) is 2.78. The summed E-state index contributed by atoms with van der Waals surface area (Å²) in [6.45, 7) is 0.690. The molecule has 0 aliphatic carbocycles. The number of benzene rings is 1. The largest absolute Gasteiger partial charge is 0.493 e. The van der Waals surface area contributed by atoms with Crippen molar-refractivity contribution in [1.29, 1.82) is 0 Å². The van der Waals surface area contributed by atoms with Crippen LogP contribution in [0.5, 0.6) is 5.75 Å². The molecule has 68 valence electrons. The summed E-state index contributed by atoms with van der Waals surface area (Å²) in [6, 6.07) is 5.98. The lowest BCUT2D eigenvalue weighted by Gasteiger charge is -2.02.